The highest BCUT2D eigenvalue weighted by Gasteiger charge is 2.21. The molecule has 3 nitrogen and oxygen atoms in total. The van der Waals surface area contributed by atoms with Gasteiger partial charge < -0.3 is 15.0 Å². The maximum atomic E-state index is 5.37. The Kier molecular flexibility index (Phi) is 3.22. The van der Waals surface area contributed by atoms with Crippen LogP contribution in [0.1, 0.15) is 19.0 Å². The van der Waals surface area contributed by atoms with E-state index in [9.17, 15) is 0 Å². The molecule has 3 heteroatoms. The molecule has 2 unspecified atom stereocenters. The van der Waals surface area contributed by atoms with Crippen molar-refractivity contribution in [2.75, 3.05) is 13.2 Å². The molecule has 2 N–H and O–H groups in total. The van der Waals surface area contributed by atoms with Crippen LogP contribution >= 0.6 is 0 Å². The molecule has 0 amide bonds. The van der Waals surface area contributed by atoms with Crippen molar-refractivity contribution in [3.63, 3.8) is 0 Å². The summed E-state index contributed by atoms with van der Waals surface area (Å²) in [6.07, 6.45) is 3.15. The van der Waals surface area contributed by atoms with Gasteiger partial charge in [0.05, 0.1) is 6.61 Å². The number of hydrogen-bond donors (Lipinski definition) is 2. The van der Waals surface area contributed by atoms with E-state index in [1.165, 1.54) is 12.1 Å². The first-order valence-corrected chi connectivity index (χ1v) is 5.29. The van der Waals surface area contributed by atoms with Crippen LogP contribution < -0.4 is 5.32 Å². The molecule has 1 aliphatic heterocycles. The summed E-state index contributed by atoms with van der Waals surface area (Å²) in [5, 5.41) is 3.52. The molecule has 14 heavy (non-hydrogen) atoms. The lowest BCUT2D eigenvalue weighted by atomic mass is 10.0. The second-order valence-corrected chi connectivity index (χ2v) is 3.99. The Hall–Kier alpha value is -0.800. The number of nitrogens with one attached hydrogen (secondary N) is 2. The van der Waals surface area contributed by atoms with Gasteiger partial charge in [0.2, 0.25) is 0 Å². The normalized spacial score (nSPS) is 23.9. The first-order chi connectivity index (χ1) is 6.86. The molecule has 1 aromatic heterocycles. The predicted octanol–water partition coefficient (Wildman–Crippen LogP) is 1.53. The van der Waals surface area contributed by atoms with Crippen LogP contribution in [0.25, 0.3) is 0 Å². The second-order valence-electron chi connectivity index (χ2n) is 3.99. The van der Waals surface area contributed by atoms with E-state index in [2.05, 4.69) is 23.3 Å². The largest absolute Gasteiger partial charge is 0.381 e. The number of hydrogen-bond acceptors (Lipinski definition) is 2. The Bertz CT molecular complexity index is 252. The van der Waals surface area contributed by atoms with Gasteiger partial charge in [0.1, 0.15) is 0 Å². The van der Waals surface area contributed by atoms with Crippen molar-refractivity contribution in [2.45, 2.75) is 25.9 Å². The summed E-state index contributed by atoms with van der Waals surface area (Å²) >= 11 is 0. The van der Waals surface area contributed by atoms with Crippen molar-refractivity contribution in [1.29, 1.82) is 0 Å². The zero-order valence-electron chi connectivity index (χ0n) is 8.62. The van der Waals surface area contributed by atoms with Crippen molar-refractivity contribution in [2.24, 2.45) is 5.92 Å². The van der Waals surface area contributed by atoms with Gasteiger partial charge in [-0.3, -0.25) is 0 Å². The molecule has 0 aromatic carbocycles. The van der Waals surface area contributed by atoms with Crippen LogP contribution in [-0.2, 0) is 11.3 Å². The first kappa shape index (κ1) is 9.74. The van der Waals surface area contributed by atoms with Crippen molar-refractivity contribution >= 4 is 0 Å². The molecule has 1 aliphatic rings. The third-order valence-corrected chi connectivity index (χ3v) is 2.95. The van der Waals surface area contributed by atoms with Gasteiger partial charge in [0.15, 0.2) is 0 Å². The number of aromatic nitrogens is 1. The highest BCUT2D eigenvalue weighted by molar-refractivity contribution is 5.03. The van der Waals surface area contributed by atoms with Crippen LogP contribution in [0, 0.1) is 5.92 Å². The fourth-order valence-corrected chi connectivity index (χ4v) is 1.86. The summed E-state index contributed by atoms with van der Waals surface area (Å²) in [6.45, 7) is 5.00. The predicted molar refractivity (Wildman–Crippen MR) is 56.0 cm³/mol. The molecule has 1 aromatic rings. The van der Waals surface area contributed by atoms with Gasteiger partial charge in [-0.05, 0) is 31.4 Å². The van der Waals surface area contributed by atoms with E-state index in [-0.39, 0.29) is 0 Å². The van der Waals surface area contributed by atoms with Crippen LogP contribution in [0.15, 0.2) is 18.3 Å². The van der Waals surface area contributed by atoms with Crippen LogP contribution in [0.5, 0.6) is 0 Å². The number of aromatic amines is 1. The molecule has 0 saturated carbocycles. The lowest BCUT2D eigenvalue weighted by molar-refractivity contribution is 0.178. The van der Waals surface area contributed by atoms with Gasteiger partial charge in [-0.1, -0.05) is 0 Å². The van der Waals surface area contributed by atoms with Crippen LogP contribution in [-0.4, -0.2) is 24.2 Å². The number of rotatable bonds is 4. The Morgan fingerprint density at radius 2 is 2.64 bits per heavy atom. The summed E-state index contributed by atoms with van der Waals surface area (Å²) in [5.74, 6) is 0.685. The Labute approximate surface area is 84.9 Å². The van der Waals surface area contributed by atoms with Gasteiger partial charge >= 0.3 is 0 Å². The minimum atomic E-state index is 0.542. The third-order valence-electron chi connectivity index (χ3n) is 2.95. The lowest BCUT2D eigenvalue weighted by Gasteiger charge is -2.18. The molecule has 2 atom stereocenters. The minimum absolute atomic E-state index is 0.542. The summed E-state index contributed by atoms with van der Waals surface area (Å²) < 4.78 is 5.37. The summed E-state index contributed by atoms with van der Waals surface area (Å²) in [7, 11) is 0. The Morgan fingerprint density at radius 3 is 3.29 bits per heavy atom. The molecule has 1 fully saturated rings. The first-order valence-electron chi connectivity index (χ1n) is 5.29. The van der Waals surface area contributed by atoms with Gasteiger partial charge in [-0.25, -0.2) is 0 Å². The lowest BCUT2D eigenvalue weighted by Crippen LogP contribution is -2.33. The van der Waals surface area contributed by atoms with Crippen molar-refractivity contribution in [1.82, 2.24) is 10.3 Å². The molecule has 0 aliphatic carbocycles. The van der Waals surface area contributed by atoms with Crippen molar-refractivity contribution < 1.29 is 4.74 Å². The van der Waals surface area contributed by atoms with Gasteiger partial charge in [0.25, 0.3) is 0 Å². The minimum Gasteiger partial charge on any atom is -0.381 e. The smallest absolute Gasteiger partial charge is 0.0509 e. The highest BCUT2D eigenvalue weighted by Crippen LogP contribution is 2.16. The van der Waals surface area contributed by atoms with Gasteiger partial charge in [-0.2, -0.15) is 0 Å². The monoisotopic (exact) mass is 194 g/mol. The Balaban J connectivity index is 1.74. The Morgan fingerprint density at radius 1 is 1.71 bits per heavy atom. The molecule has 78 valence electrons. The van der Waals surface area contributed by atoms with Crippen LogP contribution in [0.3, 0.4) is 0 Å². The van der Waals surface area contributed by atoms with E-state index >= 15 is 0 Å². The van der Waals surface area contributed by atoms with Crippen molar-refractivity contribution in [3.8, 4) is 0 Å². The maximum Gasteiger partial charge on any atom is 0.0509 e. The average Bonchev–Trinajstić information content (AvgIpc) is 2.87. The second kappa shape index (κ2) is 4.62. The average molecular weight is 194 g/mol. The van der Waals surface area contributed by atoms with E-state index < -0.39 is 0 Å². The van der Waals surface area contributed by atoms with E-state index in [1.807, 2.05) is 12.3 Å². The summed E-state index contributed by atoms with van der Waals surface area (Å²) in [4.78, 5) is 3.19. The highest BCUT2D eigenvalue weighted by atomic mass is 16.5. The maximum absolute atomic E-state index is 5.37. The van der Waals surface area contributed by atoms with Gasteiger partial charge in [-0.15, -0.1) is 0 Å². The fraction of sp³-hybridized carbons (Fsp3) is 0.636. The van der Waals surface area contributed by atoms with E-state index in [0.29, 0.717) is 12.0 Å². The SMILES string of the molecule is CC(NCc1ccc[nH]1)C1CCOC1. The topological polar surface area (TPSA) is 37.0 Å². The van der Waals surface area contributed by atoms with Gasteiger partial charge in [0, 0.05) is 31.1 Å². The summed E-state index contributed by atoms with van der Waals surface area (Å²) in [6, 6.07) is 4.67. The van der Waals surface area contributed by atoms with Crippen LogP contribution in [0.4, 0.5) is 0 Å². The molecule has 1 saturated heterocycles. The standard InChI is InChI=1S/C11H18N2O/c1-9(10-4-6-14-8-10)13-7-11-3-2-5-12-11/h2-3,5,9-10,12-13H,4,6-8H2,1H3. The molecular weight excluding hydrogens is 176 g/mol. The molecule has 2 rings (SSSR count). The molecule has 0 spiro atoms. The van der Waals surface area contributed by atoms with E-state index in [0.717, 1.165) is 19.8 Å². The summed E-state index contributed by atoms with van der Waals surface area (Å²) in [5.41, 5.74) is 1.25. The van der Waals surface area contributed by atoms with Crippen molar-refractivity contribution in [3.05, 3.63) is 24.0 Å². The third kappa shape index (κ3) is 2.36. The van der Waals surface area contributed by atoms with Crippen LogP contribution in [0.2, 0.25) is 0 Å². The quantitative estimate of drug-likeness (QED) is 0.762. The molecule has 0 bridgehead atoms. The molecular formula is C11H18N2O. The van der Waals surface area contributed by atoms with E-state index in [4.69, 9.17) is 4.74 Å². The molecule has 0 radical (unpaired) electrons. The number of ether oxygens (including phenoxy) is 1. The fourth-order valence-electron chi connectivity index (χ4n) is 1.86. The molecule has 2 heterocycles. The zero-order valence-corrected chi connectivity index (χ0v) is 8.62. The zero-order chi connectivity index (χ0) is 9.80. The number of H-pyrrole nitrogens is 1. The van der Waals surface area contributed by atoms with E-state index in [1.54, 1.807) is 0 Å².